The number of hydrogen-bond acceptors (Lipinski definition) is 31. The van der Waals surface area contributed by atoms with Crippen molar-refractivity contribution in [2.75, 3.05) is 47.3 Å². The highest BCUT2D eigenvalue weighted by Crippen LogP contribution is 2.76. The van der Waals surface area contributed by atoms with Crippen molar-refractivity contribution >= 4 is 5.97 Å². The van der Waals surface area contributed by atoms with E-state index in [4.69, 9.17) is 71.1 Å². The normalized spacial score (nSPS) is 52.6. The number of carbonyl (C=O) groups is 1. The molecule has 31 nitrogen and oxygen atoms in total. The molecule has 31 heteroatoms. The van der Waals surface area contributed by atoms with Crippen LogP contribution in [0.2, 0.25) is 0 Å². The Kier molecular flexibility index (Phi) is 23.7. The largest absolute Gasteiger partial charge is 0.459 e. The van der Waals surface area contributed by atoms with Crippen LogP contribution in [0, 0.1) is 45.3 Å². The molecule has 3 saturated carbocycles. The summed E-state index contributed by atoms with van der Waals surface area (Å²) < 4.78 is 90.5. The standard InChI is InChI=1S/C67H110O31/c1-27(2)12-11-18-66(8)37-16-20-65(7)30-13-14-36-63(4,5)38(17-19-64(36,6)29(30)15-21-67(37,65)62(83)98-66)93-61-55(43(76)35(26-86-61)92-57-48(81)53(41(74)33(24-70)88-57)95-58-46(79)51(84-9)39(72)31(22-68)89-58)97-56-45(78)44(77)50(28(3)87-56)94-60-49(82)54(42(75)34(25-71)91-60)96-59-47(80)52(85-10)40(73)32(23-69)90-59/h15,27-28,30-61,68-82H,11-14,16-26H2,1-10H3/t28-,30?,31-,32-,33-,34-,35-,36?,37-,38+,39-,40-,41-,42-,43+,44-,45-,46-,47-,48-,49-,50-,51+,52+,53+,54+,55-,56+,57+,58+,59+,60+,61+,64-,65+,66+,67-/m1/s1. The van der Waals surface area contributed by atoms with Gasteiger partial charge in [0.25, 0.3) is 0 Å². The molecular formula is C67H110O31. The second-order valence-electron chi connectivity index (χ2n) is 31.1. The van der Waals surface area contributed by atoms with E-state index in [0.29, 0.717) is 25.2 Å². The maximum atomic E-state index is 14.6. The van der Waals surface area contributed by atoms with Gasteiger partial charge in [0.05, 0.1) is 50.7 Å². The lowest BCUT2D eigenvalue weighted by Gasteiger charge is -2.63. The highest BCUT2D eigenvalue weighted by Gasteiger charge is 2.76. The third-order valence-corrected chi connectivity index (χ3v) is 24.9. The van der Waals surface area contributed by atoms with Gasteiger partial charge in [-0.25, -0.2) is 0 Å². The van der Waals surface area contributed by atoms with Crippen LogP contribution in [0.15, 0.2) is 11.6 Å². The number of hydrogen-bond donors (Lipinski definition) is 15. The van der Waals surface area contributed by atoms with Crippen LogP contribution in [0.5, 0.6) is 0 Å². The SMILES string of the molecule is CO[C@@H]1[C@@H](O)[C@H](O[C@@H]2[C@@H](O)[C@H](O[C@H]3[C@H](O)[C@@H](O)[C@H](O[C@H]4[C@H](O[C@H]5CC[C@]6(C)C7=CC[C@]89C(=O)O[C@@](C)(CCCC(C)C)[C@H]8CC[C@@]9(C)C7CCC6C5(C)C)OC[C@@H](O[C@@H]5O[C@H](CO)[C@@H](O)[C@H](O[C@@H]6O[C@H](CO)[C@@H](O)[C@H](OC)[C@H]6O)[C@H]5O)[C@@H]4O)O[C@@H]3C)O[C@H](CO)[C@H]2O)O[C@H](CO)[C@H]1O. The van der Waals surface area contributed by atoms with Gasteiger partial charge in [-0.05, 0) is 106 Å². The van der Waals surface area contributed by atoms with E-state index in [1.165, 1.54) is 26.7 Å². The monoisotopic (exact) mass is 1410 g/mol. The maximum Gasteiger partial charge on any atom is 0.313 e. The van der Waals surface area contributed by atoms with Crippen LogP contribution >= 0.6 is 0 Å². The molecular weight excluding hydrogens is 1300 g/mol. The lowest BCUT2D eigenvalue weighted by Crippen LogP contribution is -2.67. The fourth-order valence-corrected chi connectivity index (χ4v) is 19.4. The first-order valence-corrected chi connectivity index (χ1v) is 35.1. The number of rotatable bonds is 22. The molecule has 2 unspecified atom stereocenters. The molecule has 7 aliphatic heterocycles. The van der Waals surface area contributed by atoms with Gasteiger partial charge >= 0.3 is 5.97 Å². The second kappa shape index (κ2) is 30.1. The Balaban J connectivity index is 0.832. The van der Waals surface area contributed by atoms with Crippen molar-refractivity contribution in [3.05, 3.63) is 11.6 Å². The number of esters is 1. The summed E-state index contributed by atoms with van der Waals surface area (Å²) in [7, 11) is 2.38. The number of cyclic esters (lactones) is 1. The lowest BCUT2D eigenvalue weighted by atomic mass is 9.41. The molecule has 564 valence electrons. The number of aliphatic hydroxyl groups is 15. The van der Waals surface area contributed by atoms with Crippen LogP contribution in [-0.4, -0.2) is 320 Å². The van der Waals surface area contributed by atoms with Gasteiger partial charge in [-0.1, -0.05) is 59.6 Å². The average molecular weight is 1410 g/mol. The molecule has 10 fully saturated rings. The first-order valence-electron chi connectivity index (χ1n) is 35.1. The molecule has 0 amide bonds. The third-order valence-electron chi connectivity index (χ3n) is 24.9. The van der Waals surface area contributed by atoms with Gasteiger partial charge in [0.2, 0.25) is 0 Å². The molecule has 0 aromatic carbocycles. The van der Waals surface area contributed by atoms with Crippen LogP contribution in [0.25, 0.3) is 0 Å². The number of methoxy groups -OCH3 is 2. The molecule has 4 aliphatic carbocycles. The summed E-state index contributed by atoms with van der Waals surface area (Å²) in [5.41, 5.74) is -1.05. The molecule has 0 bridgehead atoms. The average Bonchev–Trinajstić information content (AvgIpc) is 1.48. The number of fused-ring (bicyclic) bond motifs is 4. The molecule has 0 radical (unpaired) electrons. The number of ether oxygens (including phenoxy) is 15. The molecule has 7 heterocycles. The summed E-state index contributed by atoms with van der Waals surface area (Å²) in [6, 6.07) is 0. The van der Waals surface area contributed by atoms with Crippen molar-refractivity contribution in [2.24, 2.45) is 45.3 Å². The Bertz CT molecular complexity index is 2700. The van der Waals surface area contributed by atoms with Gasteiger partial charge in [-0.15, -0.1) is 0 Å². The summed E-state index contributed by atoms with van der Waals surface area (Å²) in [6.07, 6.45) is -38.8. The Hall–Kier alpha value is -1.95. The molecule has 0 aromatic heterocycles. The van der Waals surface area contributed by atoms with Crippen molar-refractivity contribution in [3.8, 4) is 0 Å². The van der Waals surface area contributed by atoms with Gasteiger partial charge in [-0.3, -0.25) is 4.79 Å². The Labute approximate surface area is 570 Å². The van der Waals surface area contributed by atoms with E-state index in [1.807, 2.05) is 0 Å². The van der Waals surface area contributed by atoms with Gasteiger partial charge in [0.15, 0.2) is 37.7 Å². The zero-order chi connectivity index (χ0) is 71.2. The van der Waals surface area contributed by atoms with E-state index in [9.17, 15) is 81.4 Å². The minimum Gasteiger partial charge on any atom is -0.459 e. The smallest absolute Gasteiger partial charge is 0.313 e. The molecule has 15 N–H and O–H groups in total. The molecule has 0 aromatic rings. The van der Waals surface area contributed by atoms with Crippen molar-refractivity contribution in [2.45, 2.75) is 309 Å². The van der Waals surface area contributed by atoms with Crippen LogP contribution in [0.3, 0.4) is 0 Å². The lowest BCUT2D eigenvalue weighted by molar-refractivity contribution is -0.397. The van der Waals surface area contributed by atoms with Gasteiger partial charge < -0.3 is 148 Å². The van der Waals surface area contributed by atoms with Crippen molar-refractivity contribution < 1.29 is 152 Å². The van der Waals surface area contributed by atoms with Gasteiger partial charge in [0, 0.05) is 20.1 Å². The molecule has 1 spiro atoms. The number of carbonyl (C=O) groups excluding carboxylic acids is 1. The van der Waals surface area contributed by atoms with Gasteiger partial charge in [0.1, 0.15) is 140 Å². The minimum atomic E-state index is -2.06. The van der Waals surface area contributed by atoms with Crippen LogP contribution in [0.1, 0.15) is 120 Å². The number of aliphatic hydroxyl groups excluding tert-OH is 15. The summed E-state index contributed by atoms with van der Waals surface area (Å²) >= 11 is 0. The zero-order valence-electron chi connectivity index (χ0n) is 57.6. The van der Waals surface area contributed by atoms with E-state index in [1.54, 1.807) is 0 Å². The molecule has 98 heavy (non-hydrogen) atoms. The summed E-state index contributed by atoms with van der Waals surface area (Å²) in [5.74, 6) is 0.751. The van der Waals surface area contributed by atoms with Crippen molar-refractivity contribution in [1.82, 2.24) is 0 Å². The van der Waals surface area contributed by atoms with E-state index in [-0.39, 0.29) is 34.6 Å². The third kappa shape index (κ3) is 13.3. The molecule has 11 rings (SSSR count). The Morgan fingerprint density at radius 3 is 1.50 bits per heavy atom. The topological polar surface area (TPSA) is 459 Å². The van der Waals surface area contributed by atoms with Crippen LogP contribution in [0.4, 0.5) is 0 Å². The minimum absolute atomic E-state index is 0.0330. The molecule has 11 aliphatic rings. The summed E-state index contributed by atoms with van der Waals surface area (Å²) in [5, 5.41) is 167. The summed E-state index contributed by atoms with van der Waals surface area (Å²) in [4.78, 5) is 14.6. The first kappa shape index (κ1) is 77.2. The Morgan fingerprint density at radius 1 is 0.510 bits per heavy atom. The van der Waals surface area contributed by atoms with Crippen molar-refractivity contribution in [1.29, 1.82) is 0 Å². The number of allylic oxidation sites excluding steroid dienone is 2. The first-order chi connectivity index (χ1) is 46.3. The highest BCUT2D eigenvalue weighted by atomic mass is 16.8. The molecule has 37 atom stereocenters. The Morgan fingerprint density at radius 2 is 0.990 bits per heavy atom. The maximum absolute atomic E-state index is 14.6. The van der Waals surface area contributed by atoms with E-state index >= 15 is 0 Å². The van der Waals surface area contributed by atoms with Crippen molar-refractivity contribution in [3.63, 3.8) is 0 Å². The fraction of sp³-hybridized carbons (Fsp3) is 0.955. The molecule has 7 saturated heterocycles. The quantitative estimate of drug-likeness (QED) is 0.0292. The van der Waals surface area contributed by atoms with E-state index in [2.05, 4.69) is 54.5 Å². The predicted octanol–water partition coefficient (Wildman–Crippen LogP) is -3.01. The second-order valence-corrected chi connectivity index (χ2v) is 31.1. The van der Waals surface area contributed by atoms with Crippen LogP contribution in [-0.2, 0) is 75.8 Å². The fourth-order valence-electron chi connectivity index (χ4n) is 19.4. The van der Waals surface area contributed by atoms with Gasteiger partial charge in [-0.2, -0.15) is 0 Å². The summed E-state index contributed by atoms with van der Waals surface area (Å²) in [6.45, 7) is 13.2. The zero-order valence-corrected chi connectivity index (χ0v) is 57.6. The highest BCUT2D eigenvalue weighted by molar-refractivity contribution is 5.83. The van der Waals surface area contributed by atoms with E-state index < -0.39 is 234 Å². The van der Waals surface area contributed by atoms with Crippen LogP contribution < -0.4 is 0 Å². The predicted molar refractivity (Wildman–Crippen MR) is 330 cm³/mol. The van der Waals surface area contributed by atoms with E-state index in [0.717, 1.165) is 44.9 Å².